The molecule has 23 heavy (non-hydrogen) atoms. The van der Waals surface area contributed by atoms with Gasteiger partial charge in [-0.1, -0.05) is 6.07 Å². The smallest absolute Gasteiger partial charge is 0.339 e. The summed E-state index contributed by atoms with van der Waals surface area (Å²) >= 11 is 0. The highest BCUT2D eigenvalue weighted by Crippen LogP contribution is 2.35. The van der Waals surface area contributed by atoms with Gasteiger partial charge in [-0.05, 0) is 37.5 Å². The van der Waals surface area contributed by atoms with Gasteiger partial charge in [0.1, 0.15) is 0 Å². The molecule has 2 amide bonds. The van der Waals surface area contributed by atoms with Gasteiger partial charge in [-0.25, -0.2) is 0 Å². The lowest BCUT2D eigenvalue weighted by Crippen LogP contribution is -2.29. The van der Waals surface area contributed by atoms with Gasteiger partial charge in [-0.15, -0.1) is 0 Å². The number of halogens is 3. The van der Waals surface area contributed by atoms with Crippen LogP contribution in [0.25, 0.3) is 0 Å². The zero-order valence-corrected chi connectivity index (χ0v) is 12.6. The Bertz CT molecular complexity index is 653. The fraction of sp³-hybridized carbons (Fsp3) is 0.500. The van der Waals surface area contributed by atoms with Crippen molar-refractivity contribution in [1.29, 1.82) is 0 Å². The number of nitrogens with one attached hydrogen (secondary N) is 1. The van der Waals surface area contributed by atoms with E-state index in [-0.39, 0.29) is 29.6 Å². The number of rotatable bonds is 3. The van der Waals surface area contributed by atoms with Gasteiger partial charge < -0.3 is 10.2 Å². The maximum absolute atomic E-state index is 12.9. The van der Waals surface area contributed by atoms with Crippen LogP contribution in [0.1, 0.15) is 30.4 Å². The van der Waals surface area contributed by atoms with Crippen LogP contribution in [0, 0.1) is 12.8 Å². The van der Waals surface area contributed by atoms with E-state index in [0.717, 1.165) is 18.9 Å². The molecule has 3 rings (SSSR count). The quantitative estimate of drug-likeness (QED) is 0.928. The summed E-state index contributed by atoms with van der Waals surface area (Å²) in [6.45, 7) is 1.73. The third-order valence-electron chi connectivity index (χ3n) is 4.33. The number of nitrogens with zero attached hydrogens (tertiary/aromatic N) is 1. The zero-order valence-electron chi connectivity index (χ0n) is 12.6. The first-order chi connectivity index (χ1) is 10.8. The molecule has 1 saturated heterocycles. The Morgan fingerprint density at radius 1 is 1.30 bits per heavy atom. The van der Waals surface area contributed by atoms with Crippen LogP contribution in [-0.4, -0.2) is 29.3 Å². The molecule has 1 aromatic rings. The van der Waals surface area contributed by atoms with Crippen molar-refractivity contribution in [3.63, 3.8) is 0 Å². The summed E-state index contributed by atoms with van der Waals surface area (Å²) in [5.41, 5.74) is -0.561. The van der Waals surface area contributed by atoms with Crippen molar-refractivity contribution in [1.82, 2.24) is 4.90 Å². The van der Waals surface area contributed by atoms with Crippen molar-refractivity contribution < 1.29 is 22.8 Å². The van der Waals surface area contributed by atoms with Gasteiger partial charge in [-0.3, -0.25) is 9.59 Å². The Labute approximate surface area is 131 Å². The lowest BCUT2D eigenvalue weighted by molar-refractivity contribution is -0.138. The molecule has 1 atom stereocenters. The molecular formula is C16H17F3N2O2. The molecule has 0 aromatic heterocycles. The van der Waals surface area contributed by atoms with E-state index in [9.17, 15) is 22.8 Å². The van der Waals surface area contributed by atoms with Crippen molar-refractivity contribution in [2.45, 2.75) is 38.4 Å². The summed E-state index contributed by atoms with van der Waals surface area (Å²) < 4.78 is 38.7. The maximum Gasteiger partial charge on any atom is 0.416 e. The molecule has 0 spiro atoms. The van der Waals surface area contributed by atoms with Crippen molar-refractivity contribution in [3.8, 4) is 0 Å². The number of anilines is 1. The summed E-state index contributed by atoms with van der Waals surface area (Å²) in [6, 6.07) is 3.95. The summed E-state index contributed by atoms with van der Waals surface area (Å²) in [5.74, 6) is -0.954. The van der Waals surface area contributed by atoms with Crippen molar-refractivity contribution in [2.24, 2.45) is 5.92 Å². The number of likely N-dealkylation sites (tertiary alicyclic amines) is 1. The molecule has 7 heteroatoms. The number of alkyl halides is 3. The van der Waals surface area contributed by atoms with E-state index in [0.29, 0.717) is 6.54 Å². The summed E-state index contributed by atoms with van der Waals surface area (Å²) in [5, 5.41) is 2.51. The standard InChI is InChI=1S/C16H17F3N2O2/c1-9-2-3-11(7-13(9)16(17,18)19)20-15(23)10-6-14(22)21(8-10)12-4-5-12/h2-3,7,10,12H,4-6,8H2,1H3,(H,20,23). The van der Waals surface area contributed by atoms with Crippen LogP contribution in [0.5, 0.6) is 0 Å². The number of amides is 2. The molecular weight excluding hydrogens is 309 g/mol. The molecule has 1 heterocycles. The monoisotopic (exact) mass is 326 g/mol. The third kappa shape index (κ3) is 3.33. The average Bonchev–Trinajstić information content (AvgIpc) is 3.22. The summed E-state index contributed by atoms with van der Waals surface area (Å²) in [4.78, 5) is 25.8. The van der Waals surface area contributed by atoms with Crippen LogP contribution in [0.3, 0.4) is 0 Å². The van der Waals surface area contributed by atoms with Crippen LogP contribution in [0.2, 0.25) is 0 Å². The minimum absolute atomic E-state index is 0.0486. The molecule has 1 aliphatic carbocycles. The molecule has 2 fully saturated rings. The zero-order chi connectivity index (χ0) is 16.8. The van der Waals surface area contributed by atoms with Crippen LogP contribution in [0.4, 0.5) is 18.9 Å². The van der Waals surface area contributed by atoms with Gasteiger partial charge in [0.15, 0.2) is 0 Å². The van der Waals surface area contributed by atoms with E-state index in [1.807, 2.05) is 0 Å². The van der Waals surface area contributed by atoms with E-state index >= 15 is 0 Å². The fourth-order valence-corrected chi connectivity index (χ4v) is 2.90. The predicted octanol–water partition coefficient (Wildman–Crippen LogP) is 2.96. The van der Waals surface area contributed by atoms with Crippen molar-refractivity contribution in [2.75, 3.05) is 11.9 Å². The summed E-state index contributed by atoms with van der Waals surface area (Å²) in [6.07, 6.45) is -2.41. The highest BCUT2D eigenvalue weighted by Gasteiger charge is 2.41. The second kappa shape index (κ2) is 5.54. The molecule has 2 aliphatic rings. The van der Waals surface area contributed by atoms with Crippen LogP contribution in [-0.2, 0) is 15.8 Å². The Morgan fingerprint density at radius 3 is 2.61 bits per heavy atom. The number of benzene rings is 1. The second-order valence-electron chi connectivity index (χ2n) is 6.20. The maximum atomic E-state index is 12.9. The first kappa shape index (κ1) is 15.8. The second-order valence-corrected chi connectivity index (χ2v) is 6.20. The van der Waals surface area contributed by atoms with Gasteiger partial charge in [0.2, 0.25) is 11.8 Å². The Kier molecular flexibility index (Phi) is 3.82. The Morgan fingerprint density at radius 2 is 2.00 bits per heavy atom. The van der Waals surface area contributed by atoms with E-state index in [1.165, 1.54) is 19.1 Å². The molecule has 124 valence electrons. The minimum atomic E-state index is -4.46. The highest BCUT2D eigenvalue weighted by atomic mass is 19.4. The van der Waals surface area contributed by atoms with Crippen molar-refractivity contribution in [3.05, 3.63) is 29.3 Å². The molecule has 1 saturated carbocycles. The van der Waals surface area contributed by atoms with Crippen molar-refractivity contribution >= 4 is 17.5 Å². The third-order valence-corrected chi connectivity index (χ3v) is 4.33. The van der Waals surface area contributed by atoms with E-state index in [4.69, 9.17) is 0 Å². The van der Waals surface area contributed by atoms with Crippen LogP contribution < -0.4 is 5.32 Å². The molecule has 1 aromatic carbocycles. The summed E-state index contributed by atoms with van der Waals surface area (Å²) in [7, 11) is 0. The van der Waals surface area contributed by atoms with Crippen LogP contribution in [0.15, 0.2) is 18.2 Å². The Balaban J connectivity index is 1.70. The first-order valence-electron chi connectivity index (χ1n) is 7.54. The largest absolute Gasteiger partial charge is 0.416 e. The van der Waals surface area contributed by atoms with Crippen LogP contribution >= 0.6 is 0 Å². The molecule has 1 unspecified atom stereocenters. The number of hydrogen-bond acceptors (Lipinski definition) is 2. The molecule has 4 nitrogen and oxygen atoms in total. The lowest BCUT2D eigenvalue weighted by atomic mass is 10.1. The average molecular weight is 326 g/mol. The number of carbonyl (C=O) groups excluding carboxylic acids is 2. The highest BCUT2D eigenvalue weighted by molar-refractivity contribution is 5.97. The lowest BCUT2D eigenvalue weighted by Gasteiger charge is -2.16. The normalized spacial score (nSPS) is 21.7. The van der Waals surface area contributed by atoms with E-state index in [1.54, 1.807) is 4.90 Å². The topological polar surface area (TPSA) is 49.4 Å². The first-order valence-corrected chi connectivity index (χ1v) is 7.54. The molecule has 1 aliphatic heterocycles. The molecule has 0 radical (unpaired) electrons. The minimum Gasteiger partial charge on any atom is -0.339 e. The molecule has 1 N–H and O–H groups in total. The van der Waals surface area contributed by atoms with E-state index in [2.05, 4.69) is 5.32 Å². The van der Waals surface area contributed by atoms with Gasteiger partial charge in [0, 0.05) is 24.7 Å². The van der Waals surface area contributed by atoms with Gasteiger partial charge in [0.05, 0.1) is 11.5 Å². The SMILES string of the molecule is Cc1ccc(NC(=O)C2CC(=O)N(C3CC3)C2)cc1C(F)(F)F. The Hall–Kier alpha value is -2.05. The van der Waals surface area contributed by atoms with E-state index < -0.39 is 23.6 Å². The fourth-order valence-electron chi connectivity index (χ4n) is 2.90. The van der Waals surface area contributed by atoms with Gasteiger partial charge in [-0.2, -0.15) is 13.2 Å². The molecule has 0 bridgehead atoms. The predicted molar refractivity (Wildman–Crippen MR) is 77.7 cm³/mol. The van der Waals surface area contributed by atoms with Gasteiger partial charge in [0.25, 0.3) is 0 Å². The number of aryl methyl sites for hydroxylation is 1. The number of carbonyl (C=O) groups is 2. The number of hydrogen-bond donors (Lipinski definition) is 1. The van der Waals surface area contributed by atoms with Gasteiger partial charge >= 0.3 is 6.18 Å².